The van der Waals surface area contributed by atoms with Crippen LogP contribution in [0.4, 0.5) is 0 Å². The van der Waals surface area contributed by atoms with Gasteiger partial charge in [0.15, 0.2) is 6.73 Å². The average Bonchev–Trinajstić information content (AvgIpc) is 2.90. The molecule has 0 atom stereocenters. The maximum Gasteiger partial charge on any atom is 0.312 e. The van der Waals surface area contributed by atoms with Crippen molar-refractivity contribution in [1.29, 1.82) is 0 Å². The molecule has 0 saturated carbocycles. The number of nitrogens with zero attached hydrogens (tertiary/aromatic N) is 1. The van der Waals surface area contributed by atoms with E-state index in [1.807, 2.05) is 0 Å². The van der Waals surface area contributed by atoms with Gasteiger partial charge < -0.3 is 20.0 Å². The lowest BCUT2D eigenvalue weighted by Crippen LogP contribution is -2.41. The number of rotatable bonds is 5. The van der Waals surface area contributed by atoms with Crippen molar-refractivity contribution in [2.75, 3.05) is 13.3 Å². The van der Waals surface area contributed by atoms with E-state index >= 15 is 0 Å². The van der Waals surface area contributed by atoms with Gasteiger partial charge in [0.2, 0.25) is 0 Å². The second-order valence-corrected chi connectivity index (χ2v) is 5.91. The Balaban J connectivity index is 1.83. The molecule has 1 aromatic carbocycles. The van der Waals surface area contributed by atoms with Gasteiger partial charge in [0.1, 0.15) is 18.1 Å². The highest BCUT2D eigenvalue weighted by molar-refractivity contribution is 5.75. The largest absolute Gasteiger partial charge is 0.508 e. The van der Waals surface area contributed by atoms with Crippen molar-refractivity contribution in [1.82, 2.24) is 16.0 Å². The van der Waals surface area contributed by atoms with Crippen molar-refractivity contribution in [2.45, 2.75) is 20.8 Å². The second-order valence-electron chi connectivity index (χ2n) is 5.91. The molecule has 0 aliphatic carbocycles. The summed E-state index contributed by atoms with van der Waals surface area (Å²) in [4.78, 5) is 11.8. The number of phenolic OH excluding ortho intramolecular Hbond substituents is 1. The fourth-order valence-corrected chi connectivity index (χ4v) is 1.62. The lowest BCUT2D eigenvalue weighted by atomic mass is 9.98. The molecule has 22 heavy (non-hydrogen) atoms. The molecule has 0 aromatic heterocycles. The van der Waals surface area contributed by atoms with Crippen molar-refractivity contribution < 1.29 is 19.4 Å². The zero-order valence-corrected chi connectivity index (χ0v) is 12.9. The molecule has 7 nitrogen and oxygen atoms in total. The van der Waals surface area contributed by atoms with Crippen LogP contribution < -0.4 is 15.7 Å². The summed E-state index contributed by atoms with van der Waals surface area (Å²) in [5.74, 6) is 0.545. The number of carbonyl (C=O) groups excluding carboxylic acids is 1. The van der Waals surface area contributed by atoms with E-state index in [-0.39, 0.29) is 25.1 Å². The first kappa shape index (κ1) is 16.0. The van der Waals surface area contributed by atoms with Gasteiger partial charge in [-0.2, -0.15) is 0 Å². The number of hydrogen-bond donors (Lipinski definition) is 3. The number of hydrazine groups is 2. The molecule has 120 valence electrons. The Bertz CT molecular complexity index is 549. The molecule has 1 aliphatic rings. The van der Waals surface area contributed by atoms with E-state index in [9.17, 15) is 9.90 Å². The Morgan fingerprint density at radius 1 is 1.27 bits per heavy atom. The highest BCUT2D eigenvalue weighted by Gasteiger charge is 2.25. The van der Waals surface area contributed by atoms with Crippen LogP contribution in [0.5, 0.6) is 11.5 Å². The Kier molecular flexibility index (Phi) is 4.77. The van der Waals surface area contributed by atoms with Crippen molar-refractivity contribution in [2.24, 2.45) is 5.41 Å². The lowest BCUT2D eigenvalue weighted by molar-refractivity contribution is -0.158. The molecule has 0 unspecified atom stereocenters. The molecule has 0 fully saturated rings. The Labute approximate surface area is 129 Å². The summed E-state index contributed by atoms with van der Waals surface area (Å²) in [7, 11) is 0. The van der Waals surface area contributed by atoms with Gasteiger partial charge in [-0.05, 0) is 45.0 Å². The van der Waals surface area contributed by atoms with Crippen LogP contribution in [0.1, 0.15) is 20.8 Å². The van der Waals surface area contributed by atoms with Crippen LogP contribution >= 0.6 is 0 Å². The van der Waals surface area contributed by atoms with Crippen LogP contribution in [0.2, 0.25) is 0 Å². The summed E-state index contributed by atoms with van der Waals surface area (Å²) in [6.07, 6.45) is 1.73. The zero-order valence-electron chi connectivity index (χ0n) is 12.9. The number of carbonyl (C=O) groups is 1. The van der Waals surface area contributed by atoms with Crippen molar-refractivity contribution >= 4 is 5.97 Å². The third-order valence-electron chi connectivity index (χ3n) is 2.95. The van der Waals surface area contributed by atoms with E-state index in [2.05, 4.69) is 11.0 Å². The number of hydrogen-bond acceptors (Lipinski definition) is 7. The minimum Gasteiger partial charge on any atom is -0.508 e. The molecule has 3 N–H and O–H groups in total. The Hall–Kier alpha value is -2.41. The fraction of sp³-hybridized carbons (Fsp3) is 0.400. The predicted molar refractivity (Wildman–Crippen MR) is 80.2 cm³/mol. The molecule has 0 saturated heterocycles. The first-order chi connectivity index (χ1) is 10.4. The van der Waals surface area contributed by atoms with Crippen LogP contribution in [0.3, 0.4) is 0 Å². The number of benzene rings is 1. The molecule has 1 aromatic rings. The first-order valence-electron chi connectivity index (χ1n) is 6.93. The quantitative estimate of drug-likeness (QED) is 0.711. The smallest absolute Gasteiger partial charge is 0.312 e. The van der Waals surface area contributed by atoms with Gasteiger partial charge in [-0.15, -0.1) is 5.53 Å². The summed E-state index contributed by atoms with van der Waals surface area (Å²) in [6.45, 7) is 5.77. The summed E-state index contributed by atoms with van der Waals surface area (Å²) in [6, 6.07) is 6.46. The van der Waals surface area contributed by atoms with E-state index in [0.717, 1.165) is 5.70 Å². The van der Waals surface area contributed by atoms with Crippen LogP contribution in [0.25, 0.3) is 0 Å². The van der Waals surface area contributed by atoms with E-state index < -0.39 is 5.41 Å². The molecule has 0 spiro atoms. The van der Waals surface area contributed by atoms with Crippen molar-refractivity contribution in [3.05, 3.63) is 36.2 Å². The van der Waals surface area contributed by atoms with E-state index in [1.165, 1.54) is 0 Å². The van der Waals surface area contributed by atoms with Crippen LogP contribution in [-0.2, 0) is 9.53 Å². The third-order valence-corrected chi connectivity index (χ3v) is 2.95. The monoisotopic (exact) mass is 307 g/mol. The number of nitrogens with one attached hydrogen (secondary N) is 2. The van der Waals surface area contributed by atoms with Gasteiger partial charge in [0.05, 0.1) is 11.1 Å². The SMILES string of the molecule is CC(C)(C)C(=O)OCN1NNC=C1COc1ccc(O)cc1. The normalized spacial score (nSPS) is 14.3. The summed E-state index contributed by atoms with van der Waals surface area (Å²) >= 11 is 0. The molecular formula is C15H21N3O4. The van der Waals surface area contributed by atoms with Gasteiger partial charge in [0, 0.05) is 6.20 Å². The summed E-state index contributed by atoms with van der Waals surface area (Å²) < 4.78 is 10.9. The predicted octanol–water partition coefficient (Wildman–Crippen LogP) is 1.48. The minimum atomic E-state index is -0.542. The highest BCUT2D eigenvalue weighted by Crippen LogP contribution is 2.18. The van der Waals surface area contributed by atoms with Crippen LogP contribution in [0, 0.1) is 5.41 Å². The number of esters is 1. The van der Waals surface area contributed by atoms with E-state index in [1.54, 1.807) is 56.2 Å². The van der Waals surface area contributed by atoms with E-state index in [0.29, 0.717) is 5.75 Å². The molecule has 1 aliphatic heterocycles. The number of aromatic hydroxyl groups is 1. The standard InChI is InChI=1S/C15H21N3O4/c1-15(2,3)14(20)22-10-18-11(8-16-17-18)9-21-13-6-4-12(19)5-7-13/h4-8,16-17,19H,9-10H2,1-3H3. The van der Waals surface area contributed by atoms with Gasteiger partial charge in [-0.1, -0.05) is 0 Å². The maximum atomic E-state index is 11.8. The Morgan fingerprint density at radius 3 is 2.59 bits per heavy atom. The van der Waals surface area contributed by atoms with Gasteiger partial charge in [-0.3, -0.25) is 9.80 Å². The summed E-state index contributed by atoms with van der Waals surface area (Å²) in [5.41, 5.74) is 5.93. The number of phenols is 1. The average molecular weight is 307 g/mol. The van der Waals surface area contributed by atoms with E-state index in [4.69, 9.17) is 9.47 Å². The topological polar surface area (TPSA) is 83.1 Å². The maximum absolute atomic E-state index is 11.8. The van der Waals surface area contributed by atoms with Gasteiger partial charge >= 0.3 is 5.97 Å². The first-order valence-corrected chi connectivity index (χ1v) is 6.93. The van der Waals surface area contributed by atoms with Crippen molar-refractivity contribution in [3.63, 3.8) is 0 Å². The molecular weight excluding hydrogens is 286 g/mol. The highest BCUT2D eigenvalue weighted by atomic mass is 16.6. The summed E-state index contributed by atoms with van der Waals surface area (Å²) in [5, 5.41) is 10.9. The Morgan fingerprint density at radius 2 is 1.95 bits per heavy atom. The lowest BCUT2D eigenvalue weighted by Gasteiger charge is -2.23. The molecule has 0 amide bonds. The molecule has 0 radical (unpaired) electrons. The molecule has 2 rings (SSSR count). The molecule has 0 bridgehead atoms. The second kappa shape index (κ2) is 6.57. The van der Waals surface area contributed by atoms with Crippen LogP contribution in [0.15, 0.2) is 36.2 Å². The van der Waals surface area contributed by atoms with Crippen molar-refractivity contribution in [3.8, 4) is 11.5 Å². The molecule has 7 heteroatoms. The van der Waals surface area contributed by atoms with Gasteiger partial charge in [-0.25, -0.2) is 0 Å². The zero-order chi connectivity index (χ0) is 16.2. The third kappa shape index (κ3) is 4.29. The molecule has 1 heterocycles. The fourth-order valence-electron chi connectivity index (χ4n) is 1.62. The van der Waals surface area contributed by atoms with Crippen LogP contribution in [-0.4, -0.2) is 29.4 Å². The number of ether oxygens (including phenoxy) is 2. The minimum absolute atomic E-state index is 0.0773. The van der Waals surface area contributed by atoms with Gasteiger partial charge in [0.25, 0.3) is 0 Å².